The van der Waals surface area contributed by atoms with Gasteiger partial charge in [-0.1, -0.05) is 13.8 Å². The molecule has 5 nitrogen and oxygen atoms in total. The summed E-state index contributed by atoms with van der Waals surface area (Å²) >= 11 is 0. The van der Waals surface area contributed by atoms with Crippen molar-refractivity contribution in [2.45, 2.75) is 52.8 Å². The number of halogens is 2. The highest BCUT2D eigenvalue weighted by atomic mass is 19.3. The number of nitrogens with zero attached hydrogens (tertiary/aromatic N) is 2. The van der Waals surface area contributed by atoms with Crippen molar-refractivity contribution in [2.75, 3.05) is 0 Å². The zero-order valence-corrected chi connectivity index (χ0v) is 12.4. The lowest BCUT2D eigenvalue weighted by atomic mass is 10.0. The van der Waals surface area contributed by atoms with Gasteiger partial charge in [0.25, 0.3) is 0 Å². The van der Waals surface area contributed by atoms with E-state index in [1.807, 2.05) is 13.8 Å². The van der Waals surface area contributed by atoms with Crippen LogP contribution in [0.5, 0.6) is 0 Å². The third-order valence-corrected chi connectivity index (χ3v) is 2.49. The highest BCUT2D eigenvalue weighted by molar-refractivity contribution is 5.68. The maximum Gasteiger partial charge on any atom is 0.408 e. The molecule has 0 aliphatic carbocycles. The number of hydrogen-bond acceptors (Lipinski definition) is 3. The van der Waals surface area contributed by atoms with Crippen LogP contribution in [-0.2, 0) is 4.74 Å². The molecule has 0 saturated carbocycles. The van der Waals surface area contributed by atoms with Crippen molar-refractivity contribution < 1.29 is 18.3 Å². The molecule has 0 aromatic carbocycles. The summed E-state index contributed by atoms with van der Waals surface area (Å²) in [7, 11) is 0. The van der Waals surface area contributed by atoms with E-state index in [1.54, 1.807) is 20.8 Å². The van der Waals surface area contributed by atoms with Gasteiger partial charge in [-0.3, -0.25) is 0 Å². The van der Waals surface area contributed by atoms with Gasteiger partial charge in [0.15, 0.2) is 0 Å². The van der Waals surface area contributed by atoms with Crippen LogP contribution in [0.15, 0.2) is 12.3 Å². The molecule has 0 aliphatic heterocycles. The van der Waals surface area contributed by atoms with Crippen LogP contribution in [0, 0.1) is 5.92 Å². The van der Waals surface area contributed by atoms with Gasteiger partial charge in [-0.15, -0.1) is 0 Å². The minimum atomic E-state index is -2.70. The van der Waals surface area contributed by atoms with E-state index in [0.29, 0.717) is 10.4 Å². The molecule has 1 amide bonds. The van der Waals surface area contributed by atoms with Gasteiger partial charge in [-0.25, -0.2) is 9.48 Å². The molecule has 114 valence electrons. The van der Waals surface area contributed by atoms with Crippen LogP contribution in [0.4, 0.5) is 13.6 Å². The Labute approximate surface area is 117 Å². The molecule has 0 saturated heterocycles. The third kappa shape index (κ3) is 4.79. The first-order valence-electron chi connectivity index (χ1n) is 6.43. The van der Waals surface area contributed by atoms with E-state index in [2.05, 4.69) is 10.4 Å². The van der Waals surface area contributed by atoms with Crippen molar-refractivity contribution in [2.24, 2.45) is 5.92 Å². The lowest BCUT2D eigenvalue weighted by Gasteiger charge is -2.24. The molecule has 0 unspecified atom stereocenters. The topological polar surface area (TPSA) is 56.1 Å². The predicted molar refractivity (Wildman–Crippen MR) is 70.4 cm³/mol. The second-order valence-electron chi connectivity index (χ2n) is 5.87. The Balaban J connectivity index is 2.81. The van der Waals surface area contributed by atoms with Crippen molar-refractivity contribution in [3.63, 3.8) is 0 Å². The van der Waals surface area contributed by atoms with E-state index in [1.165, 1.54) is 12.3 Å². The zero-order valence-electron chi connectivity index (χ0n) is 12.4. The summed E-state index contributed by atoms with van der Waals surface area (Å²) in [6, 6.07) is 0.985. The summed E-state index contributed by atoms with van der Waals surface area (Å²) in [6.45, 7) is 6.29. The van der Waals surface area contributed by atoms with Gasteiger partial charge >= 0.3 is 12.6 Å². The van der Waals surface area contributed by atoms with Crippen LogP contribution in [-0.4, -0.2) is 21.5 Å². The fourth-order valence-electron chi connectivity index (χ4n) is 1.64. The molecule has 0 radical (unpaired) electrons. The van der Waals surface area contributed by atoms with Gasteiger partial charge < -0.3 is 10.1 Å². The minimum Gasteiger partial charge on any atom is -0.444 e. The fourth-order valence-corrected chi connectivity index (χ4v) is 1.64. The van der Waals surface area contributed by atoms with Gasteiger partial charge in [0.05, 0.1) is 11.7 Å². The van der Waals surface area contributed by atoms with Gasteiger partial charge in [0, 0.05) is 6.20 Å². The molecule has 1 rings (SSSR count). The normalized spacial score (nSPS) is 13.7. The number of aromatic nitrogens is 2. The molecule has 7 heteroatoms. The number of amides is 1. The van der Waals surface area contributed by atoms with Gasteiger partial charge in [-0.05, 0) is 32.8 Å². The molecule has 0 spiro atoms. The number of ether oxygens (including phenoxy) is 1. The predicted octanol–water partition coefficient (Wildman–Crippen LogP) is 3.50. The summed E-state index contributed by atoms with van der Waals surface area (Å²) in [6.07, 6.45) is 0.592. The van der Waals surface area contributed by atoms with E-state index in [4.69, 9.17) is 4.74 Å². The van der Waals surface area contributed by atoms with Crippen molar-refractivity contribution in [1.29, 1.82) is 0 Å². The Morgan fingerprint density at radius 2 is 2.00 bits per heavy atom. The molecule has 1 heterocycles. The number of carbonyl (C=O) groups is 1. The molecule has 0 bridgehead atoms. The summed E-state index contributed by atoms with van der Waals surface area (Å²) in [5.41, 5.74) is -0.236. The quantitative estimate of drug-likeness (QED) is 0.923. The average Bonchev–Trinajstić information content (AvgIpc) is 2.71. The average molecular weight is 289 g/mol. The largest absolute Gasteiger partial charge is 0.444 e. The highest BCUT2D eigenvalue weighted by Crippen LogP contribution is 2.22. The Hall–Kier alpha value is -1.66. The maximum atomic E-state index is 12.5. The van der Waals surface area contributed by atoms with Crippen LogP contribution < -0.4 is 5.32 Å². The molecule has 1 aromatic heterocycles. The summed E-state index contributed by atoms with van der Waals surface area (Å²) in [4.78, 5) is 11.8. The fraction of sp³-hybridized carbons (Fsp3) is 0.692. The number of hydrogen-bond donors (Lipinski definition) is 1. The van der Waals surface area contributed by atoms with E-state index in [-0.39, 0.29) is 5.92 Å². The lowest BCUT2D eigenvalue weighted by molar-refractivity contribution is 0.0481. The molecular weight excluding hydrogens is 268 g/mol. The SMILES string of the molecule is CC(C)[C@@H](NC(=O)OC(C)(C)C)c1ccn(C(F)F)n1. The molecule has 1 atom stereocenters. The maximum absolute atomic E-state index is 12.5. The molecular formula is C13H21F2N3O2. The van der Waals surface area contributed by atoms with E-state index < -0.39 is 24.3 Å². The Kier molecular flexibility index (Phi) is 5.08. The Morgan fingerprint density at radius 3 is 2.40 bits per heavy atom. The van der Waals surface area contributed by atoms with Crippen LogP contribution in [0.1, 0.15) is 52.9 Å². The first-order valence-corrected chi connectivity index (χ1v) is 6.43. The van der Waals surface area contributed by atoms with Crippen LogP contribution in [0.2, 0.25) is 0 Å². The van der Waals surface area contributed by atoms with Crippen LogP contribution in [0.3, 0.4) is 0 Å². The van der Waals surface area contributed by atoms with Gasteiger partial charge in [0.2, 0.25) is 0 Å². The second kappa shape index (κ2) is 6.19. The van der Waals surface area contributed by atoms with Crippen molar-refractivity contribution >= 4 is 6.09 Å². The smallest absolute Gasteiger partial charge is 0.408 e. The standard InChI is InChI=1S/C13H21F2N3O2/c1-8(2)10(16-12(19)20-13(3,4)5)9-6-7-18(17-9)11(14)15/h6-8,10-11H,1-5H3,(H,16,19)/t10-/m1/s1. The number of nitrogens with one attached hydrogen (secondary N) is 1. The minimum absolute atomic E-state index is 0.0106. The van der Waals surface area contributed by atoms with Crippen molar-refractivity contribution in [3.05, 3.63) is 18.0 Å². The van der Waals surface area contributed by atoms with Crippen LogP contribution >= 0.6 is 0 Å². The lowest BCUT2D eigenvalue weighted by Crippen LogP contribution is -2.37. The third-order valence-electron chi connectivity index (χ3n) is 2.49. The monoisotopic (exact) mass is 289 g/mol. The molecule has 0 fully saturated rings. The Morgan fingerprint density at radius 1 is 1.40 bits per heavy atom. The summed E-state index contributed by atoms with van der Waals surface area (Å²) in [5.74, 6) is -0.0106. The number of rotatable bonds is 4. The van der Waals surface area contributed by atoms with Crippen molar-refractivity contribution in [3.8, 4) is 0 Å². The first-order chi connectivity index (χ1) is 9.10. The van der Waals surface area contributed by atoms with Gasteiger partial charge in [0.1, 0.15) is 5.60 Å². The first kappa shape index (κ1) is 16.4. The highest BCUT2D eigenvalue weighted by Gasteiger charge is 2.25. The molecule has 1 N–H and O–H groups in total. The van der Waals surface area contributed by atoms with E-state index in [9.17, 15) is 13.6 Å². The number of alkyl carbamates (subject to hydrolysis) is 1. The van der Waals surface area contributed by atoms with E-state index >= 15 is 0 Å². The van der Waals surface area contributed by atoms with Crippen molar-refractivity contribution in [1.82, 2.24) is 15.1 Å². The second-order valence-corrected chi connectivity index (χ2v) is 5.87. The molecule has 1 aromatic rings. The summed E-state index contributed by atoms with van der Waals surface area (Å²) < 4.78 is 30.8. The van der Waals surface area contributed by atoms with E-state index in [0.717, 1.165) is 0 Å². The van der Waals surface area contributed by atoms with Crippen LogP contribution in [0.25, 0.3) is 0 Å². The Bertz CT molecular complexity index is 453. The van der Waals surface area contributed by atoms with Gasteiger partial charge in [-0.2, -0.15) is 13.9 Å². The zero-order chi connectivity index (χ0) is 15.5. The number of alkyl halides is 2. The molecule has 20 heavy (non-hydrogen) atoms. The molecule has 0 aliphatic rings. The number of carbonyl (C=O) groups excluding carboxylic acids is 1. The summed E-state index contributed by atoms with van der Waals surface area (Å²) in [5, 5.41) is 6.44.